The number of esters is 1. The van der Waals surface area contributed by atoms with Gasteiger partial charge in [-0.15, -0.1) is 0 Å². The summed E-state index contributed by atoms with van der Waals surface area (Å²) in [5.74, 6) is 0.155. The van der Waals surface area contributed by atoms with Crippen LogP contribution in [0, 0.1) is 13.8 Å². The molecule has 3 rings (SSSR count). The van der Waals surface area contributed by atoms with Crippen molar-refractivity contribution < 1.29 is 23.8 Å². The SMILES string of the molecule is CCOC(=O)Cn1c(=NC(=O)c2cc(OC)cc(OC)c2)sc2cc(C)c(C)cc21. The highest BCUT2D eigenvalue weighted by Gasteiger charge is 2.15. The zero-order valence-corrected chi connectivity index (χ0v) is 18.5. The fourth-order valence-electron chi connectivity index (χ4n) is 2.98. The van der Waals surface area contributed by atoms with E-state index in [1.165, 1.54) is 25.6 Å². The minimum Gasteiger partial charge on any atom is -0.497 e. The zero-order valence-electron chi connectivity index (χ0n) is 17.6. The minimum absolute atomic E-state index is 0.0239. The van der Waals surface area contributed by atoms with Gasteiger partial charge < -0.3 is 18.8 Å². The normalized spacial score (nSPS) is 11.6. The van der Waals surface area contributed by atoms with Gasteiger partial charge in [-0.2, -0.15) is 4.99 Å². The van der Waals surface area contributed by atoms with Crippen LogP contribution in [0.15, 0.2) is 35.3 Å². The molecular weight excluding hydrogens is 404 g/mol. The number of amides is 1. The lowest BCUT2D eigenvalue weighted by Crippen LogP contribution is -2.23. The van der Waals surface area contributed by atoms with Crippen LogP contribution in [-0.4, -0.2) is 37.3 Å². The van der Waals surface area contributed by atoms with Crippen LogP contribution in [-0.2, 0) is 16.1 Å². The van der Waals surface area contributed by atoms with Gasteiger partial charge in [0, 0.05) is 11.6 Å². The van der Waals surface area contributed by atoms with Crippen LogP contribution in [0.1, 0.15) is 28.4 Å². The summed E-state index contributed by atoms with van der Waals surface area (Å²) < 4.78 is 18.2. The number of nitrogens with zero attached hydrogens (tertiary/aromatic N) is 2. The molecule has 0 aliphatic rings. The van der Waals surface area contributed by atoms with Crippen LogP contribution < -0.4 is 14.3 Å². The maximum atomic E-state index is 12.9. The summed E-state index contributed by atoms with van der Waals surface area (Å²) in [6.07, 6.45) is 0. The number of carbonyl (C=O) groups is 2. The third kappa shape index (κ3) is 4.54. The number of hydrogen-bond donors (Lipinski definition) is 0. The van der Waals surface area contributed by atoms with E-state index in [2.05, 4.69) is 4.99 Å². The molecule has 8 heteroatoms. The van der Waals surface area contributed by atoms with Crippen molar-refractivity contribution >= 4 is 33.4 Å². The van der Waals surface area contributed by atoms with Gasteiger partial charge in [0.25, 0.3) is 5.91 Å². The molecule has 0 saturated heterocycles. The molecule has 0 fully saturated rings. The molecule has 158 valence electrons. The predicted molar refractivity (Wildman–Crippen MR) is 115 cm³/mol. The second-order valence-electron chi connectivity index (χ2n) is 6.70. The molecule has 0 N–H and O–H groups in total. The summed E-state index contributed by atoms with van der Waals surface area (Å²) in [6.45, 7) is 6.05. The average Bonchev–Trinajstić information content (AvgIpc) is 3.03. The standard InChI is InChI=1S/C22H24N2O5S/c1-6-29-20(25)12-24-18-7-13(2)14(3)8-19(18)30-22(24)23-21(26)15-9-16(27-4)11-17(10-15)28-5/h7-11H,6,12H2,1-5H3. The Morgan fingerprint density at radius 3 is 2.23 bits per heavy atom. The van der Waals surface area contributed by atoms with Crippen molar-refractivity contribution in [2.45, 2.75) is 27.3 Å². The number of aryl methyl sites for hydroxylation is 2. The molecule has 0 saturated carbocycles. The Kier molecular flexibility index (Phi) is 6.56. The Balaban J connectivity index is 2.15. The van der Waals surface area contributed by atoms with Gasteiger partial charge in [0.1, 0.15) is 18.0 Å². The van der Waals surface area contributed by atoms with Gasteiger partial charge in [0.05, 0.1) is 31.0 Å². The molecular formula is C22H24N2O5S. The lowest BCUT2D eigenvalue weighted by atomic mass is 10.1. The highest BCUT2D eigenvalue weighted by Crippen LogP contribution is 2.24. The van der Waals surface area contributed by atoms with Crippen LogP contribution >= 0.6 is 11.3 Å². The number of ether oxygens (including phenoxy) is 3. The van der Waals surface area contributed by atoms with E-state index in [0.717, 1.165) is 21.3 Å². The summed E-state index contributed by atoms with van der Waals surface area (Å²) in [7, 11) is 3.04. The Bertz CT molecular complexity index is 1150. The second-order valence-corrected chi connectivity index (χ2v) is 7.71. The van der Waals surface area contributed by atoms with E-state index < -0.39 is 5.91 Å². The first-order chi connectivity index (χ1) is 14.4. The van der Waals surface area contributed by atoms with Gasteiger partial charge in [-0.25, -0.2) is 0 Å². The number of methoxy groups -OCH3 is 2. The van der Waals surface area contributed by atoms with E-state index in [0.29, 0.717) is 21.9 Å². The first-order valence-electron chi connectivity index (χ1n) is 9.44. The molecule has 7 nitrogen and oxygen atoms in total. The van der Waals surface area contributed by atoms with E-state index >= 15 is 0 Å². The van der Waals surface area contributed by atoms with E-state index in [-0.39, 0.29) is 19.1 Å². The highest BCUT2D eigenvalue weighted by molar-refractivity contribution is 7.16. The van der Waals surface area contributed by atoms with Crippen molar-refractivity contribution in [3.8, 4) is 11.5 Å². The van der Waals surface area contributed by atoms with Crippen LogP contribution in [0.3, 0.4) is 0 Å². The molecule has 0 radical (unpaired) electrons. The molecule has 1 heterocycles. The Morgan fingerprint density at radius 1 is 1.00 bits per heavy atom. The van der Waals surface area contributed by atoms with Gasteiger partial charge >= 0.3 is 5.97 Å². The average molecular weight is 429 g/mol. The van der Waals surface area contributed by atoms with Crippen molar-refractivity contribution in [2.75, 3.05) is 20.8 Å². The predicted octanol–water partition coefficient (Wildman–Crippen LogP) is 3.64. The molecule has 30 heavy (non-hydrogen) atoms. The van der Waals surface area contributed by atoms with Crippen LogP contribution in [0.5, 0.6) is 11.5 Å². The molecule has 0 spiro atoms. The van der Waals surface area contributed by atoms with Crippen LogP contribution in [0.2, 0.25) is 0 Å². The van der Waals surface area contributed by atoms with Gasteiger partial charge in [-0.3, -0.25) is 9.59 Å². The topological polar surface area (TPSA) is 79.1 Å². The summed E-state index contributed by atoms with van der Waals surface area (Å²) >= 11 is 1.35. The largest absolute Gasteiger partial charge is 0.497 e. The first-order valence-corrected chi connectivity index (χ1v) is 10.3. The van der Waals surface area contributed by atoms with Crippen molar-refractivity contribution in [2.24, 2.45) is 4.99 Å². The van der Waals surface area contributed by atoms with Crippen molar-refractivity contribution in [1.29, 1.82) is 0 Å². The van der Waals surface area contributed by atoms with Gasteiger partial charge in [0.15, 0.2) is 4.80 Å². The van der Waals surface area contributed by atoms with E-state index in [4.69, 9.17) is 14.2 Å². The summed E-state index contributed by atoms with van der Waals surface area (Å²) in [4.78, 5) is 29.8. The summed E-state index contributed by atoms with van der Waals surface area (Å²) in [5, 5.41) is 0. The lowest BCUT2D eigenvalue weighted by Gasteiger charge is -2.07. The lowest BCUT2D eigenvalue weighted by molar-refractivity contribution is -0.143. The second kappa shape index (κ2) is 9.13. The van der Waals surface area contributed by atoms with Gasteiger partial charge in [-0.05, 0) is 56.2 Å². The molecule has 0 aliphatic carbocycles. The molecule has 0 unspecified atom stereocenters. The Hall–Kier alpha value is -3.13. The fourth-order valence-corrected chi connectivity index (χ4v) is 4.09. The highest BCUT2D eigenvalue weighted by atomic mass is 32.1. The van der Waals surface area contributed by atoms with Crippen molar-refractivity contribution in [3.63, 3.8) is 0 Å². The third-order valence-electron chi connectivity index (χ3n) is 4.69. The molecule has 3 aromatic rings. The maximum absolute atomic E-state index is 12.9. The smallest absolute Gasteiger partial charge is 0.326 e. The number of carbonyl (C=O) groups excluding carboxylic acids is 2. The van der Waals surface area contributed by atoms with Crippen LogP contribution in [0.25, 0.3) is 10.2 Å². The number of thiazole rings is 1. The first kappa shape index (κ1) is 21.6. The number of aromatic nitrogens is 1. The molecule has 1 amide bonds. The number of hydrogen-bond acceptors (Lipinski definition) is 6. The summed E-state index contributed by atoms with van der Waals surface area (Å²) in [6, 6.07) is 8.92. The maximum Gasteiger partial charge on any atom is 0.326 e. The van der Waals surface area contributed by atoms with E-state index in [9.17, 15) is 9.59 Å². The Morgan fingerprint density at radius 2 is 1.63 bits per heavy atom. The van der Waals surface area contributed by atoms with Gasteiger partial charge in [0.2, 0.25) is 0 Å². The van der Waals surface area contributed by atoms with E-state index in [1.807, 2.05) is 26.0 Å². The van der Waals surface area contributed by atoms with Crippen molar-refractivity contribution in [3.05, 3.63) is 51.8 Å². The van der Waals surface area contributed by atoms with Gasteiger partial charge in [-0.1, -0.05) is 11.3 Å². The zero-order chi connectivity index (χ0) is 21.8. The number of benzene rings is 2. The number of rotatable bonds is 6. The molecule has 1 aromatic heterocycles. The quantitative estimate of drug-likeness (QED) is 0.560. The number of fused-ring (bicyclic) bond motifs is 1. The molecule has 0 aliphatic heterocycles. The summed E-state index contributed by atoms with van der Waals surface area (Å²) in [5.41, 5.74) is 3.39. The Labute approximate surface area is 178 Å². The van der Waals surface area contributed by atoms with Crippen molar-refractivity contribution in [1.82, 2.24) is 4.57 Å². The molecule has 0 bridgehead atoms. The minimum atomic E-state index is -0.454. The third-order valence-corrected chi connectivity index (χ3v) is 5.73. The molecule has 2 aromatic carbocycles. The van der Waals surface area contributed by atoms with E-state index in [1.54, 1.807) is 29.7 Å². The van der Waals surface area contributed by atoms with Crippen LogP contribution in [0.4, 0.5) is 0 Å². The monoisotopic (exact) mass is 428 g/mol. The molecule has 0 atom stereocenters. The fraction of sp³-hybridized carbons (Fsp3) is 0.318.